The molecule has 1 fully saturated rings. The second-order valence-corrected chi connectivity index (χ2v) is 4.41. The Bertz CT molecular complexity index is 525. The third-order valence-corrected chi connectivity index (χ3v) is 2.91. The standard InChI is InChI=1S/C14H17N5O/c1-2-4-11(5-3-1)10-20-13-8-6-12(7-9-13)15-14-16-18-19-17-14/h1-9,14-19H,10H2. The summed E-state index contributed by atoms with van der Waals surface area (Å²) in [7, 11) is 0. The van der Waals surface area contributed by atoms with Crippen molar-refractivity contribution in [3.8, 4) is 5.75 Å². The molecule has 0 spiro atoms. The summed E-state index contributed by atoms with van der Waals surface area (Å²) in [6.07, 6.45) is -0.0638. The van der Waals surface area contributed by atoms with Crippen molar-refractivity contribution in [2.75, 3.05) is 5.32 Å². The van der Waals surface area contributed by atoms with Gasteiger partial charge in [-0.15, -0.1) is 0 Å². The summed E-state index contributed by atoms with van der Waals surface area (Å²) in [5.74, 6) is 0.850. The number of rotatable bonds is 5. The van der Waals surface area contributed by atoms with Gasteiger partial charge in [0.1, 0.15) is 12.4 Å². The molecule has 6 heteroatoms. The third-order valence-electron chi connectivity index (χ3n) is 2.91. The molecule has 1 aliphatic rings. The Labute approximate surface area is 117 Å². The van der Waals surface area contributed by atoms with Crippen LogP contribution >= 0.6 is 0 Å². The van der Waals surface area contributed by atoms with Crippen molar-refractivity contribution in [1.29, 1.82) is 0 Å². The number of hydrogen-bond acceptors (Lipinski definition) is 6. The van der Waals surface area contributed by atoms with E-state index in [4.69, 9.17) is 4.74 Å². The minimum atomic E-state index is -0.0638. The highest BCUT2D eigenvalue weighted by Crippen LogP contribution is 2.17. The summed E-state index contributed by atoms with van der Waals surface area (Å²) in [5, 5.41) is 3.24. The number of anilines is 1. The summed E-state index contributed by atoms with van der Waals surface area (Å²) >= 11 is 0. The lowest BCUT2D eigenvalue weighted by Crippen LogP contribution is -2.40. The SMILES string of the molecule is c1ccc(COc2ccc(NC3NNNN3)cc2)cc1. The maximum absolute atomic E-state index is 5.73. The zero-order valence-corrected chi connectivity index (χ0v) is 10.9. The molecule has 0 atom stereocenters. The Morgan fingerprint density at radius 3 is 2.30 bits per heavy atom. The maximum atomic E-state index is 5.73. The van der Waals surface area contributed by atoms with Crippen molar-refractivity contribution in [3.05, 3.63) is 60.2 Å². The van der Waals surface area contributed by atoms with Crippen LogP contribution < -0.4 is 32.0 Å². The van der Waals surface area contributed by atoms with Gasteiger partial charge in [0.05, 0.1) is 0 Å². The topological polar surface area (TPSA) is 69.4 Å². The Balaban J connectivity index is 1.53. The van der Waals surface area contributed by atoms with Crippen molar-refractivity contribution in [2.24, 2.45) is 0 Å². The van der Waals surface area contributed by atoms with Gasteiger partial charge in [-0.1, -0.05) is 30.3 Å². The Morgan fingerprint density at radius 1 is 0.900 bits per heavy atom. The van der Waals surface area contributed by atoms with Gasteiger partial charge in [0, 0.05) is 5.69 Å². The summed E-state index contributed by atoms with van der Waals surface area (Å²) in [6.45, 7) is 0.577. The van der Waals surface area contributed by atoms with Gasteiger partial charge in [0.15, 0.2) is 6.29 Å². The van der Waals surface area contributed by atoms with Crippen LogP contribution in [-0.4, -0.2) is 6.29 Å². The molecule has 0 radical (unpaired) electrons. The molecule has 0 bridgehead atoms. The first-order valence-electron chi connectivity index (χ1n) is 6.44. The van der Waals surface area contributed by atoms with Gasteiger partial charge in [0.2, 0.25) is 0 Å². The largest absolute Gasteiger partial charge is 0.489 e. The van der Waals surface area contributed by atoms with E-state index >= 15 is 0 Å². The molecule has 20 heavy (non-hydrogen) atoms. The second-order valence-electron chi connectivity index (χ2n) is 4.41. The fourth-order valence-corrected chi connectivity index (χ4v) is 1.88. The smallest absolute Gasteiger partial charge is 0.159 e. The first-order valence-corrected chi connectivity index (χ1v) is 6.44. The zero-order chi connectivity index (χ0) is 13.6. The average molecular weight is 271 g/mol. The predicted molar refractivity (Wildman–Crippen MR) is 77.2 cm³/mol. The first kappa shape index (κ1) is 12.9. The molecule has 5 N–H and O–H groups in total. The molecule has 6 nitrogen and oxygen atoms in total. The maximum Gasteiger partial charge on any atom is 0.159 e. The number of nitrogens with one attached hydrogen (secondary N) is 5. The summed E-state index contributed by atoms with van der Waals surface area (Å²) in [5.41, 5.74) is 13.5. The van der Waals surface area contributed by atoms with Gasteiger partial charge in [-0.25, -0.2) is 10.9 Å². The zero-order valence-electron chi connectivity index (χ0n) is 10.9. The fourth-order valence-electron chi connectivity index (χ4n) is 1.88. The molecule has 104 valence electrons. The second kappa shape index (κ2) is 6.36. The van der Waals surface area contributed by atoms with Gasteiger partial charge in [-0.2, -0.15) is 11.1 Å². The Kier molecular flexibility index (Phi) is 4.10. The van der Waals surface area contributed by atoms with Gasteiger partial charge in [0.25, 0.3) is 0 Å². The molecule has 0 aliphatic carbocycles. The van der Waals surface area contributed by atoms with Gasteiger partial charge < -0.3 is 10.1 Å². The summed E-state index contributed by atoms with van der Waals surface area (Å²) in [6, 6.07) is 18.0. The van der Waals surface area contributed by atoms with E-state index in [1.165, 1.54) is 0 Å². The molecule has 0 aromatic heterocycles. The van der Waals surface area contributed by atoms with Crippen LogP contribution in [0.3, 0.4) is 0 Å². The monoisotopic (exact) mass is 271 g/mol. The van der Waals surface area contributed by atoms with Crippen LogP contribution in [0, 0.1) is 0 Å². The van der Waals surface area contributed by atoms with E-state index in [1.54, 1.807) is 0 Å². The van der Waals surface area contributed by atoms with Crippen LogP contribution in [-0.2, 0) is 6.61 Å². The molecule has 1 heterocycles. The fraction of sp³-hybridized carbons (Fsp3) is 0.143. The summed E-state index contributed by atoms with van der Waals surface area (Å²) < 4.78 is 5.73. The number of hydrogen-bond donors (Lipinski definition) is 5. The van der Waals surface area contributed by atoms with E-state index in [1.807, 2.05) is 54.6 Å². The van der Waals surface area contributed by atoms with Crippen LogP contribution in [0.2, 0.25) is 0 Å². The normalized spacial score (nSPS) is 15.2. The highest BCUT2D eigenvalue weighted by Gasteiger charge is 2.10. The number of hydrazine groups is 3. The van der Waals surface area contributed by atoms with E-state index in [0.29, 0.717) is 6.61 Å². The first-order chi connectivity index (χ1) is 9.90. The summed E-state index contributed by atoms with van der Waals surface area (Å²) in [4.78, 5) is 0. The molecule has 0 unspecified atom stereocenters. The van der Waals surface area contributed by atoms with Gasteiger partial charge in [-0.3, -0.25) is 0 Å². The van der Waals surface area contributed by atoms with Crippen LogP contribution in [0.25, 0.3) is 0 Å². The molecule has 1 aliphatic heterocycles. The van der Waals surface area contributed by atoms with Crippen LogP contribution in [0.4, 0.5) is 5.69 Å². The molecule has 2 aromatic carbocycles. The van der Waals surface area contributed by atoms with Crippen LogP contribution in [0.15, 0.2) is 54.6 Å². The Hall–Kier alpha value is -2.12. The van der Waals surface area contributed by atoms with Crippen molar-refractivity contribution in [3.63, 3.8) is 0 Å². The number of benzene rings is 2. The molecule has 3 rings (SSSR count). The number of ether oxygens (including phenoxy) is 1. The van der Waals surface area contributed by atoms with Crippen molar-refractivity contribution in [1.82, 2.24) is 21.9 Å². The molecule has 1 saturated heterocycles. The minimum absolute atomic E-state index is 0.0638. The van der Waals surface area contributed by atoms with E-state index in [0.717, 1.165) is 17.0 Å². The highest BCUT2D eigenvalue weighted by molar-refractivity contribution is 5.46. The van der Waals surface area contributed by atoms with Gasteiger partial charge in [-0.05, 0) is 29.8 Å². The van der Waals surface area contributed by atoms with Gasteiger partial charge >= 0.3 is 0 Å². The molecular formula is C14H17N5O. The van der Waals surface area contributed by atoms with Crippen molar-refractivity contribution < 1.29 is 4.74 Å². The molecular weight excluding hydrogens is 254 g/mol. The quantitative estimate of drug-likeness (QED) is 0.561. The average Bonchev–Trinajstić information content (AvgIpc) is 3.01. The van der Waals surface area contributed by atoms with E-state index in [2.05, 4.69) is 27.2 Å². The highest BCUT2D eigenvalue weighted by atomic mass is 16.5. The minimum Gasteiger partial charge on any atom is -0.489 e. The Morgan fingerprint density at radius 2 is 1.60 bits per heavy atom. The van der Waals surface area contributed by atoms with Crippen LogP contribution in [0.1, 0.15) is 5.56 Å². The van der Waals surface area contributed by atoms with E-state index < -0.39 is 0 Å². The molecule has 0 amide bonds. The lowest BCUT2D eigenvalue weighted by atomic mass is 10.2. The lowest BCUT2D eigenvalue weighted by molar-refractivity contribution is 0.306. The van der Waals surface area contributed by atoms with Crippen LogP contribution in [0.5, 0.6) is 5.75 Å². The van der Waals surface area contributed by atoms with E-state index in [-0.39, 0.29) is 6.29 Å². The predicted octanol–water partition coefficient (Wildman–Crippen LogP) is 1.08. The molecule has 0 saturated carbocycles. The van der Waals surface area contributed by atoms with E-state index in [9.17, 15) is 0 Å². The molecule has 2 aromatic rings. The third kappa shape index (κ3) is 3.46. The van der Waals surface area contributed by atoms with Crippen molar-refractivity contribution in [2.45, 2.75) is 12.9 Å². The lowest BCUT2D eigenvalue weighted by Gasteiger charge is -2.13. The van der Waals surface area contributed by atoms with Crippen molar-refractivity contribution >= 4 is 5.69 Å².